The molecule has 1 unspecified atom stereocenters. The first-order valence-corrected chi connectivity index (χ1v) is 5.06. The normalized spacial score (nSPS) is 18.9. The van der Waals surface area contributed by atoms with Gasteiger partial charge in [-0.25, -0.2) is 0 Å². The zero-order valence-corrected chi connectivity index (χ0v) is 8.11. The van der Waals surface area contributed by atoms with Gasteiger partial charge in [-0.05, 0) is 18.8 Å². The average molecular weight is 240 g/mol. The molecule has 1 saturated carbocycles. The van der Waals surface area contributed by atoms with Crippen LogP contribution in [0, 0.1) is 11.8 Å². The first kappa shape index (κ1) is 15.6. The quantitative estimate of drug-likeness (QED) is 0.721. The molecule has 0 heterocycles. The summed E-state index contributed by atoms with van der Waals surface area (Å²) in [6.45, 7) is 0. The van der Waals surface area contributed by atoms with Gasteiger partial charge in [-0.2, -0.15) is 0 Å². The molecule has 15 heavy (non-hydrogen) atoms. The number of carbonyl (C=O) groups is 2. The Kier molecular flexibility index (Phi) is 8.08. The molecule has 1 fully saturated rings. The van der Waals surface area contributed by atoms with E-state index in [2.05, 4.69) is 0 Å². The number of hydrogen-bond donors (Lipinski definition) is 2. The van der Waals surface area contributed by atoms with Gasteiger partial charge in [0, 0.05) is 0 Å². The van der Waals surface area contributed by atoms with Crippen LogP contribution in [0.5, 0.6) is 0 Å². The molecular formula is C10H17KO4. The first-order valence-electron chi connectivity index (χ1n) is 5.06. The van der Waals surface area contributed by atoms with E-state index in [4.69, 9.17) is 10.2 Å². The van der Waals surface area contributed by atoms with E-state index in [9.17, 15) is 9.59 Å². The van der Waals surface area contributed by atoms with Crippen molar-refractivity contribution in [2.45, 2.75) is 38.5 Å². The van der Waals surface area contributed by atoms with Gasteiger partial charge in [0.15, 0.2) is 0 Å². The van der Waals surface area contributed by atoms with E-state index in [1.54, 1.807) is 0 Å². The summed E-state index contributed by atoms with van der Waals surface area (Å²) in [5.74, 6) is -2.59. The molecule has 4 nitrogen and oxygen atoms in total. The zero-order valence-electron chi connectivity index (χ0n) is 8.11. The standard InChI is InChI=1S/C10H16O4.K.H/c11-9(12)6-8(10(13)14)7-4-2-1-3-5-7;;/h7-8H,1-6H2,(H,11,12)(H,13,14);;. The fourth-order valence-corrected chi connectivity index (χ4v) is 2.18. The number of aliphatic carboxylic acids is 2. The topological polar surface area (TPSA) is 74.6 Å². The van der Waals surface area contributed by atoms with Crippen LogP contribution in [0.2, 0.25) is 0 Å². The molecule has 0 amide bonds. The Balaban J connectivity index is 0.00000196. The van der Waals surface area contributed by atoms with Crippen molar-refractivity contribution in [1.29, 1.82) is 0 Å². The number of carboxylic acids is 2. The van der Waals surface area contributed by atoms with Gasteiger partial charge >= 0.3 is 63.3 Å². The Morgan fingerprint density at radius 3 is 2.07 bits per heavy atom. The maximum atomic E-state index is 10.9. The molecule has 0 spiro atoms. The van der Waals surface area contributed by atoms with E-state index in [0.29, 0.717) is 0 Å². The van der Waals surface area contributed by atoms with Gasteiger partial charge in [0.1, 0.15) is 0 Å². The van der Waals surface area contributed by atoms with Crippen molar-refractivity contribution in [2.24, 2.45) is 11.8 Å². The van der Waals surface area contributed by atoms with Crippen LogP contribution in [0.3, 0.4) is 0 Å². The summed E-state index contributed by atoms with van der Waals surface area (Å²) in [5, 5.41) is 17.5. The molecule has 0 radical (unpaired) electrons. The van der Waals surface area contributed by atoms with Crippen LogP contribution in [-0.4, -0.2) is 73.5 Å². The number of hydrogen-bond acceptors (Lipinski definition) is 2. The summed E-state index contributed by atoms with van der Waals surface area (Å²) in [6, 6.07) is 0. The summed E-state index contributed by atoms with van der Waals surface area (Å²) < 4.78 is 0. The van der Waals surface area contributed by atoms with E-state index in [-0.39, 0.29) is 63.7 Å². The summed E-state index contributed by atoms with van der Waals surface area (Å²) in [6.07, 6.45) is 4.71. The number of carboxylic acid groups (broad SMARTS) is 2. The minimum atomic E-state index is -1.01. The Bertz CT molecular complexity index is 223. The van der Waals surface area contributed by atoms with Crippen molar-refractivity contribution in [1.82, 2.24) is 0 Å². The van der Waals surface area contributed by atoms with Crippen molar-refractivity contribution >= 4 is 63.3 Å². The molecule has 0 bridgehead atoms. The predicted octanol–water partition coefficient (Wildman–Crippen LogP) is 1.09. The van der Waals surface area contributed by atoms with Crippen molar-refractivity contribution in [3.8, 4) is 0 Å². The molecule has 82 valence electrons. The second-order valence-corrected chi connectivity index (χ2v) is 3.94. The summed E-state index contributed by atoms with van der Waals surface area (Å²) in [7, 11) is 0. The third-order valence-electron chi connectivity index (χ3n) is 2.93. The van der Waals surface area contributed by atoms with Crippen LogP contribution in [0.4, 0.5) is 0 Å². The van der Waals surface area contributed by atoms with Crippen LogP contribution in [0.1, 0.15) is 38.5 Å². The van der Waals surface area contributed by atoms with E-state index in [1.807, 2.05) is 0 Å². The van der Waals surface area contributed by atoms with Crippen LogP contribution in [0.25, 0.3) is 0 Å². The van der Waals surface area contributed by atoms with E-state index in [1.165, 1.54) is 0 Å². The van der Waals surface area contributed by atoms with E-state index in [0.717, 1.165) is 32.1 Å². The van der Waals surface area contributed by atoms with Crippen molar-refractivity contribution in [3.63, 3.8) is 0 Å². The van der Waals surface area contributed by atoms with Crippen LogP contribution >= 0.6 is 0 Å². The third-order valence-corrected chi connectivity index (χ3v) is 2.93. The Labute approximate surface area is 132 Å². The van der Waals surface area contributed by atoms with Gasteiger partial charge in [0.25, 0.3) is 0 Å². The zero-order chi connectivity index (χ0) is 10.6. The summed E-state index contributed by atoms with van der Waals surface area (Å²) in [4.78, 5) is 21.4. The Morgan fingerprint density at radius 1 is 1.13 bits per heavy atom. The SMILES string of the molecule is O=C(O)CC(C(=O)O)C1CCCCC1.[KH]. The third kappa shape index (κ3) is 5.45. The van der Waals surface area contributed by atoms with Gasteiger partial charge in [-0.15, -0.1) is 0 Å². The molecule has 0 aromatic carbocycles. The van der Waals surface area contributed by atoms with Crippen LogP contribution in [-0.2, 0) is 9.59 Å². The van der Waals surface area contributed by atoms with E-state index >= 15 is 0 Å². The molecule has 1 aliphatic carbocycles. The van der Waals surface area contributed by atoms with Crippen molar-refractivity contribution < 1.29 is 19.8 Å². The number of rotatable bonds is 4. The van der Waals surface area contributed by atoms with Crippen molar-refractivity contribution in [2.75, 3.05) is 0 Å². The van der Waals surface area contributed by atoms with Crippen LogP contribution in [0.15, 0.2) is 0 Å². The molecule has 2 N–H and O–H groups in total. The average Bonchev–Trinajstić information content (AvgIpc) is 2.15. The molecule has 1 aliphatic rings. The molecule has 1 rings (SSSR count). The molecule has 0 aromatic rings. The molecular weight excluding hydrogens is 223 g/mol. The van der Waals surface area contributed by atoms with Gasteiger partial charge in [-0.3, -0.25) is 9.59 Å². The molecule has 0 aliphatic heterocycles. The van der Waals surface area contributed by atoms with Gasteiger partial charge in [0.05, 0.1) is 12.3 Å². The Hall–Kier alpha value is 0.576. The first-order chi connectivity index (χ1) is 6.61. The minimum absolute atomic E-state index is 0. The Morgan fingerprint density at radius 2 is 1.67 bits per heavy atom. The van der Waals surface area contributed by atoms with Crippen LogP contribution < -0.4 is 0 Å². The fraction of sp³-hybridized carbons (Fsp3) is 0.800. The molecule has 1 atom stereocenters. The summed E-state index contributed by atoms with van der Waals surface area (Å²) >= 11 is 0. The fourth-order valence-electron chi connectivity index (χ4n) is 2.18. The molecule has 0 saturated heterocycles. The van der Waals surface area contributed by atoms with Crippen molar-refractivity contribution in [3.05, 3.63) is 0 Å². The van der Waals surface area contributed by atoms with E-state index < -0.39 is 17.9 Å². The van der Waals surface area contributed by atoms with Gasteiger partial charge in [-0.1, -0.05) is 19.3 Å². The maximum absolute atomic E-state index is 10.9. The predicted molar refractivity (Wildman–Crippen MR) is 57.1 cm³/mol. The summed E-state index contributed by atoms with van der Waals surface area (Å²) in [5.41, 5.74) is 0. The van der Waals surface area contributed by atoms with Gasteiger partial charge < -0.3 is 10.2 Å². The molecule has 0 aromatic heterocycles. The second-order valence-electron chi connectivity index (χ2n) is 3.94. The second kappa shape index (κ2) is 7.79. The molecule has 5 heteroatoms. The van der Waals surface area contributed by atoms with Gasteiger partial charge in [0.2, 0.25) is 0 Å². The monoisotopic (exact) mass is 240 g/mol.